The Labute approximate surface area is 289 Å². The Bertz CT molecular complexity index is 1380. The van der Waals surface area contributed by atoms with E-state index in [1.54, 1.807) is 18.2 Å². The number of benzene rings is 1. The van der Waals surface area contributed by atoms with Gasteiger partial charge in [-0.25, -0.2) is 13.6 Å². The second kappa shape index (κ2) is 13.5. The standard InChI is InChI=1S/C37H56F2N4O6/c1-20(2)28(44)31-36(13-14-36)15-16-43(31)33(46)30(35(3,4)5)42-34(47)49-27-18-21-17-24(21)23(27)9-7-8-12-37(38,39)29-32(45)41-26-19-22(48-6)10-11-25(26)40-29/h10-11,19-21,23-24,27-31,33,40,44,46H,7-9,12-18H2,1-6H3,(H,41,45)(H,42,47)/t21?,23-,24?,27?,28?,29?,30-,31-,33?/m1/s1. The first kappa shape index (κ1) is 36.1. The van der Waals surface area contributed by atoms with Crippen LogP contribution in [0.3, 0.4) is 0 Å². The molecule has 4 fully saturated rings. The molecule has 12 heteroatoms. The largest absolute Gasteiger partial charge is 0.497 e. The quantitative estimate of drug-likeness (QED) is 0.160. The van der Waals surface area contributed by atoms with E-state index in [2.05, 4.69) is 16.0 Å². The third-order valence-electron chi connectivity index (χ3n) is 12.2. The van der Waals surface area contributed by atoms with Gasteiger partial charge in [-0.05, 0) is 91.6 Å². The first-order valence-corrected chi connectivity index (χ1v) is 18.3. The molecule has 5 aliphatic rings. The van der Waals surface area contributed by atoms with Gasteiger partial charge in [-0.2, -0.15) is 0 Å². The van der Waals surface area contributed by atoms with E-state index in [9.17, 15) is 19.8 Å². The minimum Gasteiger partial charge on any atom is -0.497 e. The van der Waals surface area contributed by atoms with E-state index in [0.29, 0.717) is 48.3 Å². The number of methoxy groups -OCH3 is 1. The van der Waals surface area contributed by atoms with Crippen LogP contribution in [0.5, 0.6) is 5.75 Å². The van der Waals surface area contributed by atoms with Crippen LogP contribution < -0.4 is 20.7 Å². The number of ether oxygens (including phenoxy) is 2. The number of carbonyl (C=O) groups is 2. The first-order chi connectivity index (χ1) is 23.0. The molecule has 6 rings (SSSR count). The SMILES string of the molecule is COc1ccc2c(c1)NC(=O)C(C(F)(F)CCCC[C@H]1C(OC(=O)N[C@H](C(O)N3CCC4(CC4)[C@H]3C(O)C(C)C)C(C)(C)C)CC3CC31)N2. The Balaban J connectivity index is 1.02. The zero-order chi connectivity index (χ0) is 35.5. The van der Waals surface area contributed by atoms with Gasteiger partial charge in [0.1, 0.15) is 18.1 Å². The molecule has 5 N–H and O–H groups in total. The molecular formula is C37H56F2N4O6. The fraction of sp³-hybridized carbons (Fsp3) is 0.784. The Morgan fingerprint density at radius 3 is 2.51 bits per heavy atom. The van der Waals surface area contributed by atoms with Crippen molar-refractivity contribution >= 4 is 23.4 Å². The molecular weight excluding hydrogens is 634 g/mol. The summed E-state index contributed by atoms with van der Waals surface area (Å²) < 4.78 is 41.8. The molecule has 2 heterocycles. The lowest BCUT2D eigenvalue weighted by Crippen LogP contribution is -2.61. The highest BCUT2D eigenvalue weighted by atomic mass is 19.3. The van der Waals surface area contributed by atoms with E-state index < -0.39 is 54.2 Å². The Hall–Kier alpha value is -2.70. The maximum absolute atomic E-state index is 15.3. The Kier molecular flexibility index (Phi) is 9.91. The summed E-state index contributed by atoms with van der Waals surface area (Å²) >= 11 is 0. The van der Waals surface area contributed by atoms with Crippen LogP contribution in [0.25, 0.3) is 0 Å². The number of aliphatic hydroxyl groups excluding tert-OH is 2. The predicted molar refractivity (Wildman–Crippen MR) is 182 cm³/mol. The van der Waals surface area contributed by atoms with Crippen molar-refractivity contribution in [2.24, 2.45) is 34.5 Å². The summed E-state index contributed by atoms with van der Waals surface area (Å²) in [6, 6.07) is 2.40. The van der Waals surface area contributed by atoms with E-state index in [0.717, 1.165) is 32.1 Å². The molecule has 1 saturated heterocycles. The van der Waals surface area contributed by atoms with Crippen molar-refractivity contribution in [2.75, 3.05) is 24.3 Å². The fourth-order valence-corrected chi connectivity index (χ4v) is 8.98. The number of hydrogen-bond donors (Lipinski definition) is 5. The van der Waals surface area contributed by atoms with Gasteiger partial charge in [0, 0.05) is 25.1 Å². The number of alkyl halides is 2. The number of nitrogens with zero attached hydrogens (tertiary/aromatic N) is 1. The average Bonchev–Trinajstić information content (AvgIpc) is 3.92. The van der Waals surface area contributed by atoms with Gasteiger partial charge in [0.15, 0.2) is 6.04 Å². The van der Waals surface area contributed by atoms with Gasteiger partial charge < -0.3 is 35.6 Å². The summed E-state index contributed by atoms with van der Waals surface area (Å²) in [6.07, 6.45) is 3.39. The molecule has 6 unspecified atom stereocenters. The zero-order valence-electron chi connectivity index (χ0n) is 29.8. The van der Waals surface area contributed by atoms with Crippen molar-refractivity contribution < 1.29 is 38.1 Å². The van der Waals surface area contributed by atoms with Gasteiger partial charge in [-0.15, -0.1) is 0 Å². The smallest absolute Gasteiger partial charge is 0.407 e. The highest BCUT2D eigenvalue weighted by Crippen LogP contribution is 2.59. The van der Waals surface area contributed by atoms with E-state index in [1.807, 2.05) is 39.5 Å². The van der Waals surface area contributed by atoms with Crippen LogP contribution in [0.1, 0.15) is 92.4 Å². The van der Waals surface area contributed by atoms with Crippen LogP contribution in [0.2, 0.25) is 0 Å². The number of carbonyl (C=O) groups excluding carboxylic acids is 2. The topological polar surface area (TPSA) is 132 Å². The molecule has 2 aliphatic heterocycles. The second-order valence-corrected chi connectivity index (χ2v) is 16.9. The van der Waals surface area contributed by atoms with Crippen molar-refractivity contribution in [3.8, 4) is 5.75 Å². The molecule has 2 amide bonds. The number of alkyl carbamates (subject to hydrolysis) is 1. The number of hydrogen-bond acceptors (Lipinski definition) is 8. The second-order valence-electron chi connectivity index (χ2n) is 16.9. The summed E-state index contributed by atoms with van der Waals surface area (Å²) in [7, 11) is 1.50. The van der Waals surface area contributed by atoms with Crippen LogP contribution in [0.15, 0.2) is 18.2 Å². The fourth-order valence-electron chi connectivity index (χ4n) is 8.98. The summed E-state index contributed by atoms with van der Waals surface area (Å²) in [5.41, 5.74) is 0.379. The molecule has 0 radical (unpaired) electrons. The molecule has 1 aromatic rings. The molecule has 0 aromatic heterocycles. The molecule has 3 aliphatic carbocycles. The van der Waals surface area contributed by atoms with Gasteiger partial charge in [0.05, 0.1) is 30.6 Å². The van der Waals surface area contributed by atoms with E-state index in [1.165, 1.54) is 7.11 Å². The Morgan fingerprint density at radius 1 is 1.12 bits per heavy atom. The maximum Gasteiger partial charge on any atom is 0.407 e. The van der Waals surface area contributed by atoms with Crippen molar-refractivity contribution in [1.82, 2.24) is 10.2 Å². The van der Waals surface area contributed by atoms with E-state index in [-0.39, 0.29) is 35.8 Å². The number of fused-ring (bicyclic) bond motifs is 2. The number of likely N-dealkylation sites (tertiary alicyclic amines) is 1. The number of halogens is 2. The third-order valence-corrected chi connectivity index (χ3v) is 12.2. The Morgan fingerprint density at radius 2 is 1.86 bits per heavy atom. The molecule has 274 valence electrons. The summed E-state index contributed by atoms with van der Waals surface area (Å²) in [6.45, 7) is 10.6. The molecule has 1 spiro atoms. The van der Waals surface area contributed by atoms with Crippen LogP contribution >= 0.6 is 0 Å². The number of nitrogens with one attached hydrogen (secondary N) is 3. The summed E-state index contributed by atoms with van der Waals surface area (Å²) in [5, 5.41) is 31.2. The molecule has 9 atom stereocenters. The van der Waals surface area contributed by atoms with Gasteiger partial charge in [0.2, 0.25) is 0 Å². The lowest BCUT2D eigenvalue weighted by Gasteiger charge is -2.43. The molecule has 49 heavy (non-hydrogen) atoms. The van der Waals surface area contributed by atoms with Crippen molar-refractivity contribution in [3.05, 3.63) is 18.2 Å². The number of rotatable bonds is 13. The highest BCUT2D eigenvalue weighted by Gasteiger charge is 2.60. The van der Waals surface area contributed by atoms with Crippen LogP contribution in [0.4, 0.5) is 25.0 Å². The normalized spacial score (nSPS) is 30.6. The van der Waals surface area contributed by atoms with E-state index in [4.69, 9.17) is 9.47 Å². The lowest BCUT2D eigenvalue weighted by molar-refractivity contribution is -0.126. The van der Waals surface area contributed by atoms with Crippen molar-refractivity contribution in [3.63, 3.8) is 0 Å². The number of anilines is 2. The van der Waals surface area contributed by atoms with Crippen LogP contribution in [0, 0.1) is 34.5 Å². The molecule has 3 saturated carbocycles. The number of amides is 2. The van der Waals surface area contributed by atoms with Crippen LogP contribution in [-0.2, 0) is 9.53 Å². The minimum absolute atomic E-state index is 0.0368. The van der Waals surface area contributed by atoms with Gasteiger partial charge >= 0.3 is 6.09 Å². The van der Waals surface area contributed by atoms with Gasteiger partial charge in [-0.3, -0.25) is 9.69 Å². The number of aliphatic hydroxyl groups is 2. The first-order valence-electron chi connectivity index (χ1n) is 18.3. The lowest BCUT2D eigenvalue weighted by atomic mass is 9.83. The predicted octanol–water partition coefficient (Wildman–Crippen LogP) is 5.98. The zero-order valence-corrected chi connectivity index (χ0v) is 29.8. The molecule has 1 aromatic carbocycles. The third kappa shape index (κ3) is 7.38. The van der Waals surface area contributed by atoms with E-state index >= 15 is 8.78 Å². The molecule has 10 nitrogen and oxygen atoms in total. The monoisotopic (exact) mass is 690 g/mol. The average molecular weight is 691 g/mol. The summed E-state index contributed by atoms with van der Waals surface area (Å²) in [5.74, 6) is -2.45. The number of unbranched alkanes of at least 4 members (excludes halogenated alkanes) is 1. The van der Waals surface area contributed by atoms with Crippen LogP contribution in [-0.4, -0.2) is 83.3 Å². The maximum atomic E-state index is 15.3. The van der Waals surface area contributed by atoms with Crippen molar-refractivity contribution in [2.45, 2.75) is 135 Å². The highest BCUT2D eigenvalue weighted by molar-refractivity contribution is 6.03. The minimum atomic E-state index is -3.25. The van der Waals surface area contributed by atoms with Crippen molar-refractivity contribution in [1.29, 1.82) is 0 Å². The summed E-state index contributed by atoms with van der Waals surface area (Å²) in [4.78, 5) is 28.1. The van der Waals surface area contributed by atoms with Gasteiger partial charge in [-0.1, -0.05) is 41.0 Å². The molecule has 0 bridgehead atoms. The van der Waals surface area contributed by atoms with Gasteiger partial charge in [0.25, 0.3) is 11.8 Å².